The van der Waals surface area contributed by atoms with Crippen LogP contribution in [0.4, 0.5) is 13.2 Å². The Morgan fingerprint density at radius 2 is 1.79 bits per heavy atom. The van der Waals surface area contributed by atoms with Gasteiger partial charge in [-0.15, -0.1) is 13.2 Å². The van der Waals surface area contributed by atoms with Crippen molar-refractivity contribution in [2.45, 2.75) is 13.0 Å². The number of benzene rings is 2. The number of hydrogen-bond acceptors (Lipinski definition) is 5. The van der Waals surface area contributed by atoms with Crippen molar-refractivity contribution in [2.75, 3.05) is 7.11 Å². The maximum Gasteiger partial charge on any atom is 0.573 e. The van der Waals surface area contributed by atoms with Crippen LogP contribution in [0.15, 0.2) is 41.6 Å². The third-order valence-electron chi connectivity index (χ3n) is 3.24. The molecule has 0 saturated heterocycles. The molecule has 0 fully saturated rings. The van der Waals surface area contributed by atoms with Gasteiger partial charge in [-0.1, -0.05) is 52.6 Å². The monoisotopic (exact) mass is 437 g/mol. The van der Waals surface area contributed by atoms with Gasteiger partial charge < -0.3 is 19.4 Å². The fourth-order valence-corrected chi connectivity index (χ4v) is 2.71. The van der Waals surface area contributed by atoms with Crippen molar-refractivity contribution in [3.63, 3.8) is 0 Å². The van der Waals surface area contributed by atoms with Crippen LogP contribution in [0.3, 0.4) is 0 Å². The molecule has 0 radical (unpaired) electrons. The minimum Gasteiger partial charge on any atom is -0.489 e. The number of carboxylic acid groups (broad SMARTS) is 1. The Morgan fingerprint density at radius 1 is 1.18 bits per heavy atom. The maximum atomic E-state index is 12.4. The Morgan fingerprint density at radius 3 is 2.32 bits per heavy atom. The van der Waals surface area contributed by atoms with Gasteiger partial charge >= 0.3 is 12.3 Å². The van der Waals surface area contributed by atoms with Crippen LogP contribution in [0.25, 0.3) is 0 Å². The zero-order chi connectivity index (χ0) is 20.9. The van der Waals surface area contributed by atoms with Crippen LogP contribution in [0, 0.1) is 0 Å². The first-order valence-corrected chi connectivity index (χ1v) is 8.18. The van der Waals surface area contributed by atoms with E-state index in [1.807, 2.05) is 0 Å². The van der Waals surface area contributed by atoms with Gasteiger partial charge in [0.1, 0.15) is 19.5 Å². The first-order valence-electron chi connectivity index (χ1n) is 7.42. The van der Waals surface area contributed by atoms with Crippen molar-refractivity contribution >= 4 is 34.9 Å². The molecule has 0 unspecified atom stereocenters. The summed E-state index contributed by atoms with van der Waals surface area (Å²) in [6.45, 7) is -0.141. The smallest absolute Gasteiger partial charge is 0.489 e. The van der Waals surface area contributed by atoms with E-state index in [2.05, 4.69) is 14.7 Å². The lowest BCUT2D eigenvalue weighted by molar-refractivity contribution is -0.274. The first kappa shape index (κ1) is 21.6. The normalized spacial score (nSPS) is 11.9. The summed E-state index contributed by atoms with van der Waals surface area (Å²) in [7, 11) is 1.20. The Hall–Kier alpha value is -2.65. The summed E-state index contributed by atoms with van der Waals surface area (Å²) in [4.78, 5) is 15.9. The molecule has 11 heteroatoms. The molecule has 2 rings (SSSR count). The minimum absolute atomic E-state index is 0.0554. The van der Waals surface area contributed by atoms with E-state index in [0.717, 1.165) is 12.1 Å². The van der Waals surface area contributed by atoms with E-state index in [1.54, 1.807) is 18.2 Å². The van der Waals surface area contributed by atoms with Crippen LogP contribution in [0.2, 0.25) is 10.0 Å². The summed E-state index contributed by atoms with van der Waals surface area (Å²) in [5.41, 5.74) is 0.335. The molecule has 0 saturated carbocycles. The molecule has 0 atom stereocenters. The molecule has 0 aliphatic heterocycles. The molecule has 28 heavy (non-hydrogen) atoms. The highest BCUT2D eigenvalue weighted by molar-refractivity contribution is 6.42. The summed E-state index contributed by atoms with van der Waals surface area (Å²) in [5, 5.41) is 11.9. The molecule has 0 aliphatic rings. The topological polar surface area (TPSA) is 77.4 Å². The van der Waals surface area contributed by atoms with E-state index in [-0.39, 0.29) is 23.6 Å². The van der Waals surface area contributed by atoms with Gasteiger partial charge in [0, 0.05) is 17.7 Å². The summed E-state index contributed by atoms with van der Waals surface area (Å²) in [6.07, 6.45) is -4.96. The molecular weight excluding hydrogens is 426 g/mol. The summed E-state index contributed by atoms with van der Waals surface area (Å²) < 4.78 is 46.4. The number of nitrogens with zero attached hydrogens (tertiary/aromatic N) is 1. The van der Waals surface area contributed by atoms with E-state index in [1.165, 1.54) is 13.2 Å². The number of carbonyl (C=O) groups is 1. The molecule has 0 spiro atoms. The van der Waals surface area contributed by atoms with Gasteiger partial charge in [0.2, 0.25) is 0 Å². The van der Waals surface area contributed by atoms with E-state index in [0.29, 0.717) is 5.56 Å². The van der Waals surface area contributed by atoms with Crippen LogP contribution >= 0.6 is 23.2 Å². The second-order valence-corrected chi connectivity index (χ2v) is 5.95. The molecule has 0 aliphatic carbocycles. The number of hydrogen-bond donors (Lipinski definition) is 1. The van der Waals surface area contributed by atoms with Gasteiger partial charge in [-0.2, -0.15) is 0 Å². The quantitative estimate of drug-likeness (QED) is 0.491. The second kappa shape index (κ2) is 9.03. The lowest BCUT2D eigenvalue weighted by Gasteiger charge is -2.15. The van der Waals surface area contributed by atoms with Crippen LogP contribution in [0.1, 0.15) is 11.1 Å². The van der Waals surface area contributed by atoms with Crippen molar-refractivity contribution in [3.05, 3.63) is 57.6 Å². The fraction of sp³-hybridized carbons (Fsp3) is 0.176. The molecule has 0 amide bonds. The van der Waals surface area contributed by atoms with Gasteiger partial charge in [-0.05, 0) is 5.56 Å². The van der Waals surface area contributed by atoms with Gasteiger partial charge in [-0.3, -0.25) is 0 Å². The van der Waals surface area contributed by atoms with Gasteiger partial charge in [0.05, 0.1) is 10.0 Å². The number of carboxylic acids is 1. The Bertz CT molecular complexity index is 880. The van der Waals surface area contributed by atoms with E-state index < -0.39 is 28.1 Å². The standard InChI is InChI=1S/C17H12Cl2F3NO5/c1-26-23-14(16(24)25)11-5-3-2-4-9(11)8-27-10-6-12(18)15(13(19)7-10)28-17(20,21)22/h2-7H,8H2,1H3,(H,24,25)/b23-14+. The zero-order valence-electron chi connectivity index (χ0n) is 14.1. The molecule has 1 N–H and O–H groups in total. The summed E-state index contributed by atoms with van der Waals surface area (Å²) >= 11 is 11.6. The Balaban J connectivity index is 2.26. The van der Waals surface area contributed by atoms with E-state index >= 15 is 0 Å². The van der Waals surface area contributed by atoms with Crippen LogP contribution in [-0.2, 0) is 16.2 Å². The molecule has 2 aromatic rings. The van der Waals surface area contributed by atoms with Crippen molar-refractivity contribution in [3.8, 4) is 11.5 Å². The first-order chi connectivity index (χ1) is 13.1. The highest BCUT2D eigenvalue weighted by Gasteiger charge is 2.33. The van der Waals surface area contributed by atoms with Crippen LogP contribution in [0.5, 0.6) is 11.5 Å². The predicted molar refractivity (Wildman–Crippen MR) is 95.1 cm³/mol. The number of halogens is 5. The molecular formula is C17H12Cl2F3NO5. The highest BCUT2D eigenvalue weighted by atomic mass is 35.5. The van der Waals surface area contributed by atoms with Crippen molar-refractivity contribution in [2.24, 2.45) is 5.16 Å². The number of aliphatic carboxylic acids is 1. The average Bonchev–Trinajstić information content (AvgIpc) is 2.60. The number of oxime groups is 1. The van der Waals surface area contributed by atoms with Gasteiger partial charge in [0.15, 0.2) is 11.5 Å². The maximum absolute atomic E-state index is 12.4. The molecule has 2 aromatic carbocycles. The largest absolute Gasteiger partial charge is 0.573 e. The summed E-state index contributed by atoms with van der Waals surface area (Å²) in [5.74, 6) is -2.00. The molecule has 0 heterocycles. The van der Waals surface area contributed by atoms with Crippen molar-refractivity contribution in [1.29, 1.82) is 0 Å². The lowest BCUT2D eigenvalue weighted by atomic mass is 10.0. The minimum atomic E-state index is -4.96. The Labute approximate surface area is 167 Å². The Kier molecular flexibility index (Phi) is 6.98. The molecule has 0 aromatic heterocycles. The van der Waals surface area contributed by atoms with Crippen LogP contribution < -0.4 is 9.47 Å². The molecule has 0 bridgehead atoms. The second-order valence-electron chi connectivity index (χ2n) is 5.14. The average molecular weight is 438 g/mol. The van der Waals surface area contributed by atoms with Gasteiger partial charge in [-0.25, -0.2) is 4.79 Å². The molecule has 6 nitrogen and oxygen atoms in total. The van der Waals surface area contributed by atoms with Crippen LogP contribution in [-0.4, -0.2) is 30.3 Å². The van der Waals surface area contributed by atoms with Crippen molar-refractivity contribution < 1.29 is 37.4 Å². The number of alkyl halides is 3. The predicted octanol–water partition coefficient (Wildman–Crippen LogP) is 4.91. The van der Waals surface area contributed by atoms with E-state index in [4.69, 9.17) is 27.9 Å². The highest BCUT2D eigenvalue weighted by Crippen LogP contribution is 2.40. The van der Waals surface area contributed by atoms with E-state index in [9.17, 15) is 23.1 Å². The summed E-state index contributed by atoms with van der Waals surface area (Å²) in [6, 6.07) is 8.54. The third-order valence-corrected chi connectivity index (χ3v) is 3.80. The fourth-order valence-electron chi connectivity index (χ4n) is 2.17. The van der Waals surface area contributed by atoms with Crippen molar-refractivity contribution in [1.82, 2.24) is 0 Å². The van der Waals surface area contributed by atoms with Gasteiger partial charge in [0.25, 0.3) is 0 Å². The molecule has 150 valence electrons. The third kappa shape index (κ3) is 5.67. The SMILES string of the molecule is CO/N=C(/C(=O)O)c1ccccc1COc1cc(Cl)c(OC(F)(F)F)c(Cl)c1. The zero-order valence-corrected chi connectivity index (χ0v) is 15.6. The lowest BCUT2D eigenvalue weighted by Crippen LogP contribution is -2.18. The number of ether oxygens (including phenoxy) is 2. The number of rotatable bonds is 7.